The highest BCUT2D eigenvalue weighted by Gasteiger charge is 2.33. The third kappa shape index (κ3) is 6.29. The number of anilines is 2. The van der Waals surface area contributed by atoms with Gasteiger partial charge in [-0.2, -0.15) is 0 Å². The summed E-state index contributed by atoms with van der Waals surface area (Å²) in [6.07, 6.45) is 4.54. The fourth-order valence-corrected chi connectivity index (χ4v) is 6.46. The van der Waals surface area contributed by atoms with Gasteiger partial charge in [0.05, 0.1) is 33.6 Å². The molecule has 0 aliphatic carbocycles. The molecule has 1 N–H and O–H groups in total. The Morgan fingerprint density at radius 3 is 2.64 bits per heavy atom. The van der Waals surface area contributed by atoms with E-state index in [2.05, 4.69) is 6.92 Å². The maximum Gasteiger partial charge on any atom is 0.331 e. The van der Waals surface area contributed by atoms with Crippen molar-refractivity contribution in [3.63, 3.8) is 0 Å². The van der Waals surface area contributed by atoms with Crippen LogP contribution in [0.5, 0.6) is 5.75 Å². The number of aliphatic carboxylic acids is 1. The fraction of sp³-hybridized carbons (Fsp3) is 0.375. The summed E-state index contributed by atoms with van der Waals surface area (Å²) in [6, 6.07) is 9.29. The summed E-state index contributed by atoms with van der Waals surface area (Å²) >= 11 is 1.47. The Labute approximate surface area is 198 Å². The first-order valence-electron chi connectivity index (χ1n) is 10.9. The quantitative estimate of drug-likeness (QED) is 0.275. The summed E-state index contributed by atoms with van der Waals surface area (Å²) in [4.78, 5) is 13.6. The Bertz CT molecular complexity index is 1120. The zero-order valence-corrected chi connectivity index (χ0v) is 20.3. The summed E-state index contributed by atoms with van der Waals surface area (Å²) in [5, 5.41) is 8.86. The summed E-state index contributed by atoms with van der Waals surface area (Å²) in [6.45, 7) is 4.52. The van der Waals surface area contributed by atoms with Gasteiger partial charge in [-0.05, 0) is 48.4 Å². The van der Waals surface area contributed by atoms with Crippen LogP contribution < -0.4 is 9.64 Å². The van der Waals surface area contributed by atoms with Crippen molar-refractivity contribution >= 4 is 38.9 Å². The Morgan fingerprint density at radius 2 is 2.00 bits per heavy atom. The van der Waals surface area contributed by atoms with Crippen molar-refractivity contribution in [3.8, 4) is 5.75 Å². The molecule has 1 unspecified atom stereocenters. The Kier molecular flexibility index (Phi) is 8.42. The maximum absolute atomic E-state index is 13.6. The van der Waals surface area contributed by atoms with Crippen LogP contribution in [-0.2, 0) is 14.6 Å². The van der Waals surface area contributed by atoms with Gasteiger partial charge in [0.25, 0.3) is 0 Å². The molecule has 0 saturated carbocycles. The van der Waals surface area contributed by atoms with E-state index in [-0.39, 0.29) is 28.1 Å². The summed E-state index contributed by atoms with van der Waals surface area (Å²) in [5.74, 6) is -0.620. The number of sulfone groups is 1. The van der Waals surface area contributed by atoms with Gasteiger partial charge in [0.1, 0.15) is 11.6 Å². The molecule has 1 aliphatic heterocycles. The lowest BCUT2D eigenvalue weighted by atomic mass is 10.0. The fourth-order valence-electron chi connectivity index (χ4n) is 3.86. The Morgan fingerprint density at radius 1 is 1.27 bits per heavy atom. The average molecular weight is 494 g/mol. The van der Waals surface area contributed by atoms with Crippen LogP contribution in [0.15, 0.2) is 58.5 Å². The molecule has 178 valence electrons. The van der Waals surface area contributed by atoms with Gasteiger partial charge in [-0.3, -0.25) is 0 Å². The monoisotopic (exact) mass is 493 g/mol. The lowest BCUT2D eigenvalue weighted by Crippen LogP contribution is -2.26. The van der Waals surface area contributed by atoms with Crippen molar-refractivity contribution in [2.24, 2.45) is 5.92 Å². The van der Waals surface area contributed by atoms with E-state index in [9.17, 15) is 17.6 Å². The van der Waals surface area contributed by atoms with Gasteiger partial charge in [-0.1, -0.05) is 26.7 Å². The van der Waals surface area contributed by atoms with E-state index in [1.54, 1.807) is 18.2 Å². The van der Waals surface area contributed by atoms with Gasteiger partial charge in [-0.25, -0.2) is 17.6 Å². The lowest BCUT2D eigenvalue weighted by molar-refractivity contribution is -0.131. The number of carbonyl (C=O) groups is 1. The number of ether oxygens (including phenoxy) is 1. The highest BCUT2D eigenvalue weighted by molar-refractivity contribution is 7.99. The van der Waals surface area contributed by atoms with E-state index in [0.29, 0.717) is 28.6 Å². The van der Waals surface area contributed by atoms with Crippen LogP contribution in [0.1, 0.15) is 33.1 Å². The van der Waals surface area contributed by atoms with Gasteiger partial charge in [0, 0.05) is 18.3 Å². The molecule has 0 amide bonds. The van der Waals surface area contributed by atoms with Gasteiger partial charge >= 0.3 is 5.97 Å². The third-order valence-electron chi connectivity index (χ3n) is 5.36. The predicted molar refractivity (Wildman–Crippen MR) is 129 cm³/mol. The van der Waals surface area contributed by atoms with E-state index in [0.717, 1.165) is 31.6 Å². The predicted octanol–water partition coefficient (Wildman–Crippen LogP) is 5.65. The van der Waals surface area contributed by atoms with E-state index in [1.165, 1.54) is 30.0 Å². The van der Waals surface area contributed by atoms with Gasteiger partial charge < -0.3 is 14.7 Å². The molecule has 0 bridgehead atoms. The number of carboxylic acids is 1. The standard InChI is InChI=1S/C24H28FNO5S2/c1-3-5-6-17-15-26(19-9-7-18(25)8-10-19)20-13-22(32-4-2)21(31-12-11-24(27)28)14-23(20)33(29,30)16-17/h7-14,17H,3-6,15-16H2,1-2H3,(H,27,28)/b12-11+. The molecule has 1 aliphatic rings. The Hall–Kier alpha value is -2.52. The number of rotatable bonds is 9. The number of hydrogen-bond acceptors (Lipinski definition) is 6. The highest BCUT2D eigenvalue weighted by Crippen LogP contribution is 2.43. The van der Waals surface area contributed by atoms with E-state index >= 15 is 0 Å². The maximum atomic E-state index is 13.6. The molecule has 0 radical (unpaired) electrons. The number of carboxylic acid groups (broad SMARTS) is 1. The molecular formula is C24H28FNO5S2. The summed E-state index contributed by atoms with van der Waals surface area (Å²) in [5.41, 5.74) is 1.23. The number of fused-ring (bicyclic) bond motifs is 1. The topological polar surface area (TPSA) is 83.9 Å². The van der Waals surface area contributed by atoms with Gasteiger partial charge in [0.2, 0.25) is 0 Å². The van der Waals surface area contributed by atoms with Crippen LogP contribution in [0.25, 0.3) is 0 Å². The molecule has 2 aromatic rings. The van der Waals surface area contributed by atoms with Crippen LogP contribution in [0, 0.1) is 11.7 Å². The molecule has 3 rings (SSSR count). The van der Waals surface area contributed by atoms with Crippen LogP contribution in [0.2, 0.25) is 0 Å². The smallest absolute Gasteiger partial charge is 0.331 e. The molecule has 0 aromatic heterocycles. The van der Waals surface area contributed by atoms with Crippen molar-refractivity contribution in [3.05, 3.63) is 54.6 Å². The zero-order valence-electron chi connectivity index (χ0n) is 18.7. The molecule has 0 saturated heterocycles. The largest absolute Gasteiger partial charge is 0.478 e. The highest BCUT2D eigenvalue weighted by atomic mass is 32.2. The van der Waals surface area contributed by atoms with Crippen LogP contribution in [0.4, 0.5) is 15.8 Å². The molecule has 9 heteroatoms. The van der Waals surface area contributed by atoms with Crippen LogP contribution >= 0.6 is 11.8 Å². The molecule has 0 fully saturated rings. The summed E-state index contributed by atoms with van der Waals surface area (Å²) < 4.78 is 46.0. The number of hydrogen-bond donors (Lipinski definition) is 1. The lowest BCUT2D eigenvalue weighted by Gasteiger charge is -2.28. The van der Waals surface area contributed by atoms with E-state index in [1.807, 2.05) is 11.8 Å². The SMILES string of the molecule is CCCCC1CN(c2ccc(F)cc2)c2cc(SCC)c(O/C=C/C(=O)O)cc2S(=O)(=O)C1. The first kappa shape index (κ1) is 25.1. The molecule has 1 atom stereocenters. The molecule has 33 heavy (non-hydrogen) atoms. The number of benzene rings is 2. The van der Waals surface area contributed by atoms with Crippen molar-refractivity contribution in [1.29, 1.82) is 0 Å². The Balaban J connectivity index is 2.17. The van der Waals surface area contributed by atoms with E-state index in [4.69, 9.17) is 9.84 Å². The van der Waals surface area contributed by atoms with Gasteiger partial charge in [-0.15, -0.1) is 11.8 Å². The average Bonchev–Trinajstić information content (AvgIpc) is 2.86. The number of halogens is 1. The molecule has 0 spiro atoms. The number of nitrogens with zero attached hydrogens (tertiary/aromatic N) is 1. The number of thioether (sulfide) groups is 1. The van der Waals surface area contributed by atoms with Gasteiger partial charge in [0.15, 0.2) is 9.84 Å². The summed E-state index contributed by atoms with van der Waals surface area (Å²) in [7, 11) is -3.65. The van der Waals surface area contributed by atoms with Crippen molar-refractivity contribution < 1.29 is 27.4 Å². The minimum atomic E-state index is -3.65. The van der Waals surface area contributed by atoms with Crippen LogP contribution in [0.3, 0.4) is 0 Å². The van der Waals surface area contributed by atoms with Crippen molar-refractivity contribution in [2.75, 3.05) is 23.0 Å². The van der Waals surface area contributed by atoms with Crippen LogP contribution in [-0.4, -0.2) is 37.5 Å². The number of unbranched alkanes of at least 4 members (excludes halogenated alkanes) is 1. The second-order valence-corrected chi connectivity index (χ2v) is 11.1. The first-order chi connectivity index (χ1) is 15.7. The normalized spacial score (nSPS) is 17.5. The second kappa shape index (κ2) is 11.1. The molecule has 1 heterocycles. The second-order valence-electron chi connectivity index (χ2n) is 7.84. The first-order valence-corrected chi connectivity index (χ1v) is 13.5. The molecule has 2 aromatic carbocycles. The zero-order chi connectivity index (χ0) is 24.0. The molecular weight excluding hydrogens is 465 g/mol. The minimum Gasteiger partial charge on any atom is -0.478 e. The van der Waals surface area contributed by atoms with Crippen molar-refractivity contribution in [1.82, 2.24) is 0 Å². The molecule has 6 nitrogen and oxygen atoms in total. The van der Waals surface area contributed by atoms with Crippen molar-refractivity contribution in [2.45, 2.75) is 42.9 Å². The minimum absolute atomic E-state index is 0.00235. The van der Waals surface area contributed by atoms with E-state index < -0.39 is 15.8 Å². The third-order valence-corrected chi connectivity index (χ3v) is 8.18.